The van der Waals surface area contributed by atoms with Gasteiger partial charge in [-0.15, -0.1) is 0 Å². The summed E-state index contributed by atoms with van der Waals surface area (Å²) in [5.74, 6) is 0.334. The van der Waals surface area contributed by atoms with Crippen molar-refractivity contribution in [3.05, 3.63) is 34.3 Å². The third kappa shape index (κ3) is 1.40. The van der Waals surface area contributed by atoms with Crippen molar-refractivity contribution in [1.29, 1.82) is 0 Å². The van der Waals surface area contributed by atoms with E-state index in [-0.39, 0.29) is 5.41 Å². The second-order valence-electron chi connectivity index (χ2n) is 4.84. The number of carbonyl (C=O) groups is 1. The maximum Gasteiger partial charge on any atom is 0.169 e. The Bertz CT molecular complexity index is 449. The highest BCUT2D eigenvalue weighted by Gasteiger charge is 2.45. The van der Waals surface area contributed by atoms with Crippen molar-refractivity contribution in [3.63, 3.8) is 0 Å². The molecule has 1 N–H and O–H groups in total. The number of hydrogen-bond acceptors (Lipinski definition) is 2. The predicted octanol–water partition coefficient (Wildman–Crippen LogP) is 2.45. The van der Waals surface area contributed by atoms with Gasteiger partial charge in [-0.25, -0.2) is 0 Å². The van der Waals surface area contributed by atoms with Gasteiger partial charge in [0.05, 0.1) is 0 Å². The fourth-order valence-electron chi connectivity index (χ4n) is 2.97. The van der Waals surface area contributed by atoms with Crippen LogP contribution in [0.5, 0.6) is 0 Å². The van der Waals surface area contributed by atoms with Gasteiger partial charge in [-0.3, -0.25) is 4.79 Å². The van der Waals surface area contributed by atoms with Gasteiger partial charge >= 0.3 is 0 Å². The SMILES string of the molecule is O=C1c2ccc(Cl)cc2CC12CCNCC2. The van der Waals surface area contributed by atoms with Gasteiger partial charge in [-0.05, 0) is 56.1 Å². The first-order valence-corrected chi connectivity index (χ1v) is 6.13. The molecule has 2 nitrogen and oxygen atoms in total. The summed E-state index contributed by atoms with van der Waals surface area (Å²) in [7, 11) is 0. The summed E-state index contributed by atoms with van der Waals surface area (Å²) in [5.41, 5.74) is 1.91. The summed E-state index contributed by atoms with van der Waals surface area (Å²) in [6, 6.07) is 5.65. The Morgan fingerprint density at radius 3 is 2.75 bits per heavy atom. The zero-order valence-corrected chi connectivity index (χ0v) is 9.81. The average molecular weight is 236 g/mol. The first-order chi connectivity index (χ1) is 7.71. The Hall–Kier alpha value is -0.860. The van der Waals surface area contributed by atoms with Crippen LogP contribution in [0.1, 0.15) is 28.8 Å². The quantitative estimate of drug-likeness (QED) is 0.749. The fraction of sp³-hybridized carbons (Fsp3) is 0.462. The van der Waals surface area contributed by atoms with Gasteiger partial charge in [0.25, 0.3) is 0 Å². The molecule has 3 heteroatoms. The van der Waals surface area contributed by atoms with E-state index in [0.29, 0.717) is 5.78 Å². The Morgan fingerprint density at radius 1 is 1.25 bits per heavy atom. The molecule has 1 spiro atoms. The molecule has 0 amide bonds. The van der Waals surface area contributed by atoms with E-state index >= 15 is 0 Å². The molecule has 1 aliphatic heterocycles. The van der Waals surface area contributed by atoms with Crippen LogP contribution in [0.4, 0.5) is 0 Å². The van der Waals surface area contributed by atoms with E-state index < -0.39 is 0 Å². The molecule has 16 heavy (non-hydrogen) atoms. The summed E-state index contributed by atoms with van der Waals surface area (Å²) in [5, 5.41) is 4.05. The normalized spacial score (nSPS) is 22.4. The van der Waals surface area contributed by atoms with Crippen LogP contribution >= 0.6 is 11.6 Å². The number of benzene rings is 1. The number of fused-ring (bicyclic) bond motifs is 1. The number of Topliss-reactive ketones (excluding diaryl/α,β-unsaturated/α-hetero) is 1. The van der Waals surface area contributed by atoms with Crippen LogP contribution in [-0.4, -0.2) is 18.9 Å². The van der Waals surface area contributed by atoms with Crippen molar-refractivity contribution in [2.24, 2.45) is 5.41 Å². The number of hydrogen-bond donors (Lipinski definition) is 1. The number of piperidine rings is 1. The Balaban J connectivity index is 2.02. The minimum absolute atomic E-state index is 0.127. The molecule has 1 aromatic carbocycles. The molecule has 1 heterocycles. The monoisotopic (exact) mass is 235 g/mol. The Morgan fingerprint density at radius 2 is 2.00 bits per heavy atom. The molecular formula is C13H14ClNO. The molecule has 1 aliphatic carbocycles. The number of ketones is 1. The molecule has 0 atom stereocenters. The van der Waals surface area contributed by atoms with E-state index in [1.807, 2.05) is 18.2 Å². The molecule has 0 saturated carbocycles. The number of rotatable bonds is 0. The van der Waals surface area contributed by atoms with Gasteiger partial charge < -0.3 is 5.32 Å². The van der Waals surface area contributed by atoms with Crippen LogP contribution in [0, 0.1) is 5.41 Å². The molecule has 2 aliphatic rings. The average Bonchev–Trinajstić information content (AvgIpc) is 2.53. The second kappa shape index (κ2) is 3.57. The number of nitrogens with one attached hydrogen (secondary N) is 1. The van der Waals surface area contributed by atoms with Gasteiger partial charge in [-0.1, -0.05) is 11.6 Å². The van der Waals surface area contributed by atoms with Crippen LogP contribution in [0.15, 0.2) is 18.2 Å². The van der Waals surface area contributed by atoms with Gasteiger partial charge in [0.15, 0.2) is 5.78 Å². The zero-order chi connectivity index (χ0) is 11.2. The maximum atomic E-state index is 12.4. The molecule has 1 saturated heterocycles. The molecule has 3 rings (SSSR count). The third-order valence-electron chi connectivity index (χ3n) is 3.88. The molecule has 0 radical (unpaired) electrons. The summed E-state index contributed by atoms with van der Waals surface area (Å²) in [6.45, 7) is 1.90. The van der Waals surface area contributed by atoms with Crippen molar-refractivity contribution >= 4 is 17.4 Å². The highest BCUT2D eigenvalue weighted by molar-refractivity contribution is 6.30. The lowest BCUT2D eigenvalue weighted by molar-refractivity contribution is 0.0762. The fourth-order valence-corrected chi connectivity index (χ4v) is 3.16. The lowest BCUT2D eigenvalue weighted by Crippen LogP contribution is -2.40. The predicted molar refractivity (Wildman–Crippen MR) is 64.0 cm³/mol. The Kier molecular flexibility index (Phi) is 2.30. The van der Waals surface area contributed by atoms with E-state index in [4.69, 9.17) is 11.6 Å². The first-order valence-electron chi connectivity index (χ1n) is 5.75. The van der Waals surface area contributed by atoms with Crippen LogP contribution in [0.3, 0.4) is 0 Å². The van der Waals surface area contributed by atoms with Gasteiger partial charge in [0, 0.05) is 16.0 Å². The minimum atomic E-state index is -0.127. The second-order valence-corrected chi connectivity index (χ2v) is 5.27. The van der Waals surface area contributed by atoms with Crippen LogP contribution in [0.25, 0.3) is 0 Å². The summed E-state index contributed by atoms with van der Waals surface area (Å²) >= 11 is 5.97. The van der Waals surface area contributed by atoms with Crippen molar-refractivity contribution in [2.45, 2.75) is 19.3 Å². The molecule has 1 aromatic rings. The topological polar surface area (TPSA) is 29.1 Å². The number of carbonyl (C=O) groups excluding carboxylic acids is 1. The standard InChI is InChI=1S/C13H14ClNO/c14-10-1-2-11-9(7-10)8-13(12(11)16)3-5-15-6-4-13/h1-2,7,15H,3-6,8H2. The third-order valence-corrected chi connectivity index (χ3v) is 4.12. The molecule has 0 aromatic heterocycles. The summed E-state index contributed by atoms with van der Waals surface area (Å²) in [4.78, 5) is 12.4. The van der Waals surface area contributed by atoms with E-state index in [9.17, 15) is 4.79 Å². The van der Waals surface area contributed by atoms with E-state index in [1.54, 1.807) is 0 Å². The van der Waals surface area contributed by atoms with Crippen LogP contribution in [0.2, 0.25) is 5.02 Å². The van der Waals surface area contributed by atoms with Crippen LogP contribution in [-0.2, 0) is 6.42 Å². The lowest BCUT2D eigenvalue weighted by Gasteiger charge is -2.31. The van der Waals surface area contributed by atoms with Gasteiger partial charge in [-0.2, -0.15) is 0 Å². The lowest BCUT2D eigenvalue weighted by atomic mass is 9.75. The van der Waals surface area contributed by atoms with Crippen molar-refractivity contribution in [3.8, 4) is 0 Å². The van der Waals surface area contributed by atoms with Crippen molar-refractivity contribution in [1.82, 2.24) is 5.32 Å². The molecule has 84 valence electrons. The summed E-state index contributed by atoms with van der Waals surface area (Å²) in [6.07, 6.45) is 2.79. The molecule has 0 bridgehead atoms. The van der Waals surface area contributed by atoms with Gasteiger partial charge in [0.1, 0.15) is 0 Å². The highest BCUT2D eigenvalue weighted by Crippen LogP contribution is 2.43. The van der Waals surface area contributed by atoms with Gasteiger partial charge in [0.2, 0.25) is 0 Å². The molecular weight excluding hydrogens is 222 g/mol. The smallest absolute Gasteiger partial charge is 0.169 e. The van der Waals surface area contributed by atoms with Crippen LogP contribution < -0.4 is 5.32 Å². The van der Waals surface area contributed by atoms with E-state index in [0.717, 1.165) is 48.5 Å². The number of halogens is 1. The van der Waals surface area contributed by atoms with E-state index in [1.165, 1.54) is 0 Å². The highest BCUT2D eigenvalue weighted by atomic mass is 35.5. The van der Waals surface area contributed by atoms with E-state index in [2.05, 4.69) is 5.32 Å². The van der Waals surface area contributed by atoms with Crippen molar-refractivity contribution < 1.29 is 4.79 Å². The minimum Gasteiger partial charge on any atom is -0.317 e. The maximum absolute atomic E-state index is 12.4. The zero-order valence-electron chi connectivity index (χ0n) is 9.05. The molecule has 1 fully saturated rings. The first kappa shape index (κ1) is 10.3. The molecule has 0 unspecified atom stereocenters. The van der Waals surface area contributed by atoms with Crippen molar-refractivity contribution in [2.75, 3.05) is 13.1 Å². The summed E-state index contributed by atoms with van der Waals surface area (Å²) < 4.78 is 0. The largest absolute Gasteiger partial charge is 0.317 e. The Labute approximate surface area is 100.0 Å².